The van der Waals surface area contributed by atoms with Gasteiger partial charge < -0.3 is 10.1 Å². The second-order valence-corrected chi connectivity index (χ2v) is 5.73. The highest BCUT2D eigenvalue weighted by Gasteiger charge is 2.50. The van der Waals surface area contributed by atoms with Crippen LogP contribution in [0.1, 0.15) is 32.3 Å². The third-order valence-electron chi connectivity index (χ3n) is 4.49. The van der Waals surface area contributed by atoms with Gasteiger partial charge in [-0.05, 0) is 31.5 Å². The van der Waals surface area contributed by atoms with Crippen molar-refractivity contribution >= 4 is 11.6 Å². The van der Waals surface area contributed by atoms with Crippen LogP contribution in [-0.2, 0) is 11.3 Å². The summed E-state index contributed by atoms with van der Waals surface area (Å²) in [6.45, 7) is 5.14. The molecule has 3 atom stereocenters. The van der Waals surface area contributed by atoms with Gasteiger partial charge in [0.05, 0.1) is 12.7 Å². The highest BCUT2D eigenvalue weighted by Crippen LogP contribution is 2.46. The molecule has 100 valence electrons. The van der Waals surface area contributed by atoms with Gasteiger partial charge in [-0.2, -0.15) is 0 Å². The fourth-order valence-corrected chi connectivity index (χ4v) is 2.99. The molecule has 0 spiro atoms. The fraction of sp³-hybridized carbons (Fsp3) is 0.600. The SMILES string of the molecule is CCC1(C)C(NC)CC1OCc1ccccc1Cl. The Bertz CT molecular complexity index is 409. The molecule has 1 fully saturated rings. The summed E-state index contributed by atoms with van der Waals surface area (Å²) in [5.74, 6) is 0. The molecule has 0 heterocycles. The van der Waals surface area contributed by atoms with Gasteiger partial charge in [0.25, 0.3) is 0 Å². The molecule has 1 saturated carbocycles. The lowest BCUT2D eigenvalue weighted by atomic mass is 9.61. The first-order chi connectivity index (χ1) is 8.61. The molecule has 18 heavy (non-hydrogen) atoms. The van der Waals surface area contributed by atoms with Crippen molar-refractivity contribution in [1.82, 2.24) is 5.32 Å². The van der Waals surface area contributed by atoms with Gasteiger partial charge in [-0.25, -0.2) is 0 Å². The molecule has 0 bridgehead atoms. The zero-order valence-electron chi connectivity index (χ0n) is 11.4. The van der Waals surface area contributed by atoms with E-state index in [4.69, 9.17) is 16.3 Å². The Hall–Kier alpha value is -0.570. The first kappa shape index (κ1) is 13.9. The summed E-state index contributed by atoms with van der Waals surface area (Å²) in [6.07, 6.45) is 2.55. The highest BCUT2D eigenvalue weighted by molar-refractivity contribution is 6.31. The summed E-state index contributed by atoms with van der Waals surface area (Å²) in [6, 6.07) is 8.46. The first-order valence-corrected chi connectivity index (χ1v) is 7.02. The Morgan fingerprint density at radius 3 is 2.78 bits per heavy atom. The van der Waals surface area contributed by atoms with Crippen molar-refractivity contribution in [1.29, 1.82) is 0 Å². The molecule has 1 aromatic carbocycles. The molecule has 0 saturated heterocycles. The lowest BCUT2D eigenvalue weighted by molar-refractivity contribution is -0.134. The molecule has 2 nitrogen and oxygen atoms in total. The number of ether oxygens (including phenoxy) is 1. The molecule has 0 radical (unpaired) electrons. The van der Waals surface area contributed by atoms with Gasteiger partial charge in [-0.3, -0.25) is 0 Å². The zero-order valence-corrected chi connectivity index (χ0v) is 12.1. The smallest absolute Gasteiger partial charge is 0.0735 e. The number of benzene rings is 1. The summed E-state index contributed by atoms with van der Waals surface area (Å²) >= 11 is 6.14. The Labute approximate surface area is 115 Å². The first-order valence-electron chi connectivity index (χ1n) is 6.64. The molecule has 1 aliphatic rings. The topological polar surface area (TPSA) is 21.3 Å². The van der Waals surface area contributed by atoms with E-state index in [9.17, 15) is 0 Å². The van der Waals surface area contributed by atoms with Crippen molar-refractivity contribution in [2.75, 3.05) is 7.05 Å². The second-order valence-electron chi connectivity index (χ2n) is 5.33. The minimum Gasteiger partial charge on any atom is -0.373 e. The quantitative estimate of drug-likeness (QED) is 0.880. The number of halogens is 1. The van der Waals surface area contributed by atoms with Crippen LogP contribution in [0.25, 0.3) is 0 Å². The average molecular weight is 268 g/mol. The summed E-state index contributed by atoms with van der Waals surface area (Å²) in [4.78, 5) is 0. The molecule has 0 aromatic heterocycles. The van der Waals surface area contributed by atoms with E-state index in [1.54, 1.807) is 0 Å². The minimum atomic E-state index is 0.246. The van der Waals surface area contributed by atoms with E-state index in [1.165, 1.54) is 0 Å². The number of hydrogen-bond acceptors (Lipinski definition) is 2. The minimum absolute atomic E-state index is 0.246. The lowest BCUT2D eigenvalue weighted by Gasteiger charge is -2.53. The van der Waals surface area contributed by atoms with Gasteiger partial charge in [-0.1, -0.05) is 43.6 Å². The maximum absolute atomic E-state index is 6.14. The summed E-state index contributed by atoms with van der Waals surface area (Å²) in [5.41, 5.74) is 1.32. The number of nitrogens with one attached hydrogen (secondary N) is 1. The van der Waals surface area contributed by atoms with Crippen molar-refractivity contribution < 1.29 is 4.74 Å². The van der Waals surface area contributed by atoms with E-state index in [1.807, 2.05) is 31.3 Å². The normalized spacial score (nSPS) is 31.1. The van der Waals surface area contributed by atoms with Crippen molar-refractivity contribution in [3.05, 3.63) is 34.9 Å². The van der Waals surface area contributed by atoms with Crippen LogP contribution in [0.5, 0.6) is 0 Å². The van der Waals surface area contributed by atoms with Crippen LogP contribution in [0.3, 0.4) is 0 Å². The van der Waals surface area contributed by atoms with E-state index >= 15 is 0 Å². The van der Waals surface area contributed by atoms with Crippen molar-refractivity contribution in [2.24, 2.45) is 5.41 Å². The Balaban J connectivity index is 1.94. The molecule has 1 aliphatic carbocycles. The van der Waals surface area contributed by atoms with Crippen LogP contribution in [0, 0.1) is 5.41 Å². The molecule has 1 aromatic rings. The van der Waals surface area contributed by atoms with E-state index in [-0.39, 0.29) is 5.41 Å². The monoisotopic (exact) mass is 267 g/mol. The van der Waals surface area contributed by atoms with Crippen LogP contribution < -0.4 is 5.32 Å². The molecule has 3 unspecified atom stereocenters. The average Bonchev–Trinajstić information content (AvgIpc) is 2.38. The molecular formula is C15H22ClNO. The third kappa shape index (κ3) is 2.42. The predicted molar refractivity (Wildman–Crippen MR) is 75.9 cm³/mol. The van der Waals surface area contributed by atoms with E-state index in [0.717, 1.165) is 23.4 Å². The Morgan fingerprint density at radius 1 is 1.44 bits per heavy atom. The lowest BCUT2D eigenvalue weighted by Crippen LogP contribution is -2.61. The van der Waals surface area contributed by atoms with Crippen LogP contribution in [0.2, 0.25) is 5.02 Å². The molecule has 2 rings (SSSR count). The summed E-state index contributed by atoms with van der Waals surface area (Å²) in [7, 11) is 2.03. The summed E-state index contributed by atoms with van der Waals surface area (Å²) in [5, 5.41) is 4.17. The van der Waals surface area contributed by atoms with Crippen molar-refractivity contribution in [3.63, 3.8) is 0 Å². The Kier molecular flexibility index (Phi) is 4.31. The van der Waals surface area contributed by atoms with Gasteiger partial charge in [0, 0.05) is 16.5 Å². The van der Waals surface area contributed by atoms with Gasteiger partial charge in [0.15, 0.2) is 0 Å². The maximum Gasteiger partial charge on any atom is 0.0735 e. The van der Waals surface area contributed by atoms with Gasteiger partial charge in [-0.15, -0.1) is 0 Å². The van der Waals surface area contributed by atoms with Crippen LogP contribution >= 0.6 is 11.6 Å². The highest BCUT2D eigenvalue weighted by atomic mass is 35.5. The maximum atomic E-state index is 6.14. The van der Waals surface area contributed by atoms with E-state index < -0.39 is 0 Å². The standard InChI is InChI=1S/C15H22ClNO/c1-4-15(2)13(17-3)9-14(15)18-10-11-7-5-6-8-12(11)16/h5-8,13-14,17H,4,9-10H2,1-3H3. The van der Waals surface area contributed by atoms with Crippen molar-refractivity contribution in [2.45, 2.75) is 45.4 Å². The molecule has 1 N–H and O–H groups in total. The fourth-order valence-electron chi connectivity index (χ4n) is 2.80. The third-order valence-corrected chi connectivity index (χ3v) is 4.86. The van der Waals surface area contributed by atoms with Gasteiger partial charge in [0.2, 0.25) is 0 Å². The van der Waals surface area contributed by atoms with Gasteiger partial charge in [0.1, 0.15) is 0 Å². The Morgan fingerprint density at radius 2 is 2.17 bits per heavy atom. The predicted octanol–water partition coefficient (Wildman–Crippen LogP) is 3.63. The van der Waals surface area contributed by atoms with Crippen LogP contribution in [-0.4, -0.2) is 19.2 Å². The molecular weight excluding hydrogens is 246 g/mol. The van der Waals surface area contributed by atoms with E-state index in [0.29, 0.717) is 18.8 Å². The second kappa shape index (κ2) is 5.60. The van der Waals surface area contributed by atoms with Crippen LogP contribution in [0.4, 0.5) is 0 Å². The largest absolute Gasteiger partial charge is 0.373 e. The molecule has 0 aliphatic heterocycles. The zero-order chi connectivity index (χ0) is 13.2. The van der Waals surface area contributed by atoms with Crippen molar-refractivity contribution in [3.8, 4) is 0 Å². The van der Waals surface area contributed by atoms with E-state index in [2.05, 4.69) is 19.2 Å². The van der Waals surface area contributed by atoms with Gasteiger partial charge >= 0.3 is 0 Å². The molecule has 0 amide bonds. The number of rotatable bonds is 5. The number of hydrogen-bond donors (Lipinski definition) is 1. The summed E-state index contributed by atoms with van der Waals surface area (Å²) < 4.78 is 6.06. The molecule has 3 heteroatoms. The van der Waals surface area contributed by atoms with Crippen LogP contribution in [0.15, 0.2) is 24.3 Å².